The number of amides is 1. The SMILES string of the molecule is CCOC(=O)CN(Cc1ccc(C(F)(F)F)cc1)C(=O)c1ccc(C(=O)OC)s1. The summed E-state index contributed by atoms with van der Waals surface area (Å²) in [5, 5.41) is 0. The van der Waals surface area contributed by atoms with Crippen LogP contribution in [0.4, 0.5) is 13.2 Å². The van der Waals surface area contributed by atoms with Crippen LogP contribution in [0, 0.1) is 0 Å². The Morgan fingerprint density at radius 2 is 1.66 bits per heavy atom. The first-order valence-electron chi connectivity index (χ1n) is 8.45. The molecule has 1 amide bonds. The first-order valence-corrected chi connectivity index (χ1v) is 9.26. The van der Waals surface area contributed by atoms with Crippen molar-refractivity contribution in [2.75, 3.05) is 20.3 Å². The summed E-state index contributed by atoms with van der Waals surface area (Å²) in [6, 6.07) is 7.13. The Bertz CT molecular complexity index is 877. The summed E-state index contributed by atoms with van der Waals surface area (Å²) in [5.74, 6) is -1.82. The van der Waals surface area contributed by atoms with Gasteiger partial charge in [-0.05, 0) is 36.8 Å². The van der Waals surface area contributed by atoms with Crippen LogP contribution in [-0.2, 0) is 27.0 Å². The summed E-state index contributed by atoms with van der Waals surface area (Å²) in [5.41, 5.74) is -0.411. The number of halogens is 3. The molecule has 0 saturated carbocycles. The predicted octanol–water partition coefficient (Wildman–Crippen LogP) is 3.76. The molecule has 29 heavy (non-hydrogen) atoms. The molecular weight excluding hydrogens is 411 g/mol. The van der Waals surface area contributed by atoms with E-state index in [2.05, 4.69) is 4.74 Å². The number of rotatable bonds is 7. The van der Waals surface area contributed by atoms with Crippen molar-refractivity contribution < 1.29 is 37.0 Å². The van der Waals surface area contributed by atoms with E-state index in [0.717, 1.165) is 28.4 Å². The van der Waals surface area contributed by atoms with Gasteiger partial charge in [-0.2, -0.15) is 13.2 Å². The highest BCUT2D eigenvalue weighted by Gasteiger charge is 2.30. The van der Waals surface area contributed by atoms with Crippen LogP contribution in [-0.4, -0.2) is 43.0 Å². The maximum Gasteiger partial charge on any atom is 0.416 e. The van der Waals surface area contributed by atoms with Gasteiger partial charge in [0.15, 0.2) is 0 Å². The average molecular weight is 429 g/mol. The number of benzene rings is 1. The maximum atomic E-state index is 12.8. The summed E-state index contributed by atoms with van der Waals surface area (Å²) in [6.07, 6.45) is -4.47. The highest BCUT2D eigenvalue weighted by Crippen LogP contribution is 2.29. The second kappa shape index (κ2) is 9.55. The van der Waals surface area contributed by atoms with Crippen molar-refractivity contribution >= 4 is 29.2 Å². The summed E-state index contributed by atoms with van der Waals surface area (Å²) >= 11 is 0.892. The van der Waals surface area contributed by atoms with E-state index in [4.69, 9.17) is 4.74 Å². The number of esters is 2. The molecular formula is C19H18F3NO5S. The quantitative estimate of drug-likeness (QED) is 0.627. The highest BCUT2D eigenvalue weighted by atomic mass is 32.1. The minimum Gasteiger partial charge on any atom is -0.465 e. The van der Waals surface area contributed by atoms with Gasteiger partial charge in [0.05, 0.1) is 24.2 Å². The van der Waals surface area contributed by atoms with Gasteiger partial charge in [0.2, 0.25) is 0 Å². The van der Waals surface area contributed by atoms with E-state index in [9.17, 15) is 27.6 Å². The monoisotopic (exact) mass is 429 g/mol. The standard InChI is InChI=1S/C19H18F3NO5S/c1-3-28-16(24)11-23(10-12-4-6-13(7-5-12)19(20,21)22)17(25)14-8-9-15(29-14)18(26)27-2/h4-9H,3,10-11H2,1-2H3. The number of hydrogen-bond donors (Lipinski definition) is 0. The molecule has 0 radical (unpaired) electrons. The first kappa shape index (κ1) is 22.4. The van der Waals surface area contributed by atoms with Crippen LogP contribution in [0.15, 0.2) is 36.4 Å². The number of carbonyl (C=O) groups excluding carboxylic acids is 3. The molecule has 10 heteroatoms. The van der Waals surface area contributed by atoms with Gasteiger partial charge in [0.25, 0.3) is 5.91 Å². The molecule has 0 saturated heterocycles. The zero-order valence-corrected chi connectivity index (χ0v) is 16.4. The molecule has 2 aromatic rings. The highest BCUT2D eigenvalue weighted by molar-refractivity contribution is 7.15. The maximum absolute atomic E-state index is 12.8. The molecule has 0 N–H and O–H groups in total. The lowest BCUT2D eigenvalue weighted by molar-refractivity contribution is -0.144. The van der Waals surface area contributed by atoms with E-state index in [1.165, 1.54) is 31.4 Å². The molecule has 1 aromatic carbocycles. The lowest BCUT2D eigenvalue weighted by Crippen LogP contribution is -2.35. The number of methoxy groups -OCH3 is 1. The van der Waals surface area contributed by atoms with E-state index in [0.29, 0.717) is 5.56 Å². The third-order valence-electron chi connectivity index (χ3n) is 3.77. The zero-order chi connectivity index (χ0) is 21.6. The van der Waals surface area contributed by atoms with Crippen LogP contribution in [0.3, 0.4) is 0 Å². The molecule has 156 valence electrons. The van der Waals surface area contributed by atoms with Gasteiger partial charge in [-0.1, -0.05) is 12.1 Å². The summed E-state index contributed by atoms with van der Waals surface area (Å²) in [7, 11) is 1.21. The van der Waals surface area contributed by atoms with Crippen molar-refractivity contribution in [3.8, 4) is 0 Å². The fraction of sp³-hybridized carbons (Fsp3) is 0.316. The average Bonchev–Trinajstić information content (AvgIpc) is 3.16. The Balaban J connectivity index is 2.24. The minimum atomic E-state index is -4.47. The van der Waals surface area contributed by atoms with Crippen molar-refractivity contribution in [1.82, 2.24) is 4.90 Å². The number of nitrogens with zero attached hydrogens (tertiary/aromatic N) is 1. The van der Waals surface area contributed by atoms with Gasteiger partial charge in [-0.25, -0.2) is 4.79 Å². The van der Waals surface area contributed by atoms with E-state index in [1.807, 2.05) is 0 Å². The van der Waals surface area contributed by atoms with Crippen molar-refractivity contribution in [3.63, 3.8) is 0 Å². The normalized spacial score (nSPS) is 11.1. The van der Waals surface area contributed by atoms with Crippen molar-refractivity contribution in [2.45, 2.75) is 19.6 Å². The van der Waals surface area contributed by atoms with Gasteiger partial charge < -0.3 is 14.4 Å². The zero-order valence-electron chi connectivity index (χ0n) is 15.6. The molecule has 0 atom stereocenters. The second-order valence-electron chi connectivity index (χ2n) is 5.82. The Morgan fingerprint density at radius 3 is 2.21 bits per heavy atom. The van der Waals surface area contributed by atoms with Crippen LogP contribution in [0.25, 0.3) is 0 Å². The van der Waals surface area contributed by atoms with E-state index >= 15 is 0 Å². The molecule has 0 spiro atoms. The van der Waals surface area contributed by atoms with Gasteiger partial charge in [-0.15, -0.1) is 11.3 Å². The Labute approximate surface area is 168 Å². The van der Waals surface area contributed by atoms with Crippen LogP contribution in [0.1, 0.15) is 37.4 Å². The molecule has 1 heterocycles. The molecule has 0 aliphatic carbocycles. The molecule has 2 rings (SSSR count). The number of thiophene rings is 1. The van der Waals surface area contributed by atoms with Gasteiger partial charge in [0.1, 0.15) is 11.4 Å². The molecule has 0 fully saturated rings. The smallest absolute Gasteiger partial charge is 0.416 e. The topological polar surface area (TPSA) is 72.9 Å². The molecule has 0 bridgehead atoms. The largest absolute Gasteiger partial charge is 0.465 e. The van der Waals surface area contributed by atoms with Crippen LogP contribution >= 0.6 is 11.3 Å². The predicted molar refractivity (Wildman–Crippen MR) is 98.5 cm³/mol. The van der Waals surface area contributed by atoms with Gasteiger partial charge in [-0.3, -0.25) is 9.59 Å². The van der Waals surface area contributed by atoms with E-state index in [-0.39, 0.29) is 29.5 Å². The molecule has 6 nitrogen and oxygen atoms in total. The summed E-state index contributed by atoms with van der Waals surface area (Å²) < 4.78 is 47.6. The van der Waals surface area contributed by atoms with Gasteiger partial charge in [0, 0.05) is 6.54 Å². The number of hydrogen-bond acceptors (Lipinski definition) is 6. The fourth-order valence-electron chi connectivity index (χ4n) is 2.40. The Kier molecular flexibility index (Phi) is 7.38. The Hall–Kier alpha value is -2.88. The van der Waals surface area contributed by atoms with Crippen LogP contribution in [0.2, 0.25) is 0 Å². The number of carbonyl (C=O) groups is 3. The second-order valence-corrected chi connectivity index (χ2v) is 6.90. The lowest BCUT2D eigenvalue weighted by Gasteiger charge is -2.21. The van der Waals surface area contributed by atoms with Crippen LogP contribution < -0.4 is 0 Å². The first-order chi connectivity index (χ1) is 13.7. The molecule has 0 aliphatic rings. The summed E-state index contributed by atoms with van der Waals surface area (Å²) in [6.45, 7) is 1.23. The van der Waals surface area contributed by atoms with E-state index in [1.54, 1.807) is 6.92 Å². The fourth-order valence-corrected chi connectivity index (χ4v) is 3.29. The van der Waals surface area contributed by atoms with Crippen molar-refractivity contribution in [1.29, 1.82) is 0 Å². The number of alkyl halides is 3. The Morgan fingerprint density at radius 1 is 1.03 bits per heavy atom. The van der Waals surface area contributed by atoms with Crippen LogP contribution in [0.5, 0.6) is 0 Å². The van der Waals surface area contributed by atoms with Gasteiger partial charge >= 0.3 is 18.1 Å². The third kappa shape index (κ3) is 6.05. The third-order valence-corrected chi connectivity index (χ3v) is 4.82. The van der Waals surface area contributed by atoms with E-state index < -0.39 is 29.6 Å². The van der Waals surface area contributed by atoms with Crippen molar-refractivity contribution in [2.24, 2.45) is 0 Å². The summed E-state index contributed by atoms with van der Waals surface area (Å²) in [4.78, 5) is 37.8. The number of ether oxygens (including phenoxy) is 2. The molecule has 1 aromatic heterocycles. The molecule has 0 aliphatic heterocycles. The van der Waals surface area contributed by atoms with Crippen molar-refractivity contribution in [3.05, 3.63) is 57.3 Å². The molecule has 0 unspecified atom stereocenters. The minimum absolute atomic E-state index is 0.110. The lowest BCUT2D eigenvalue weighted by atomic mass is 10.1.